The molecule has 1 aromatic carbocycles. The molecule has 0 aliphatic heterocycles. The van der Waals surface area contributed by atoms with E-state index in [0.717, 1.165) is 5.75 Å². The molecule has 0 unspecified atom stereocenters. The summed E-state index contributed by atoms with van der Waals surface area (Å²) in [4.78, 5) is 1.17. The van der Waals surface area contributed by atoms with Crippen LogP contribution in [-0.4, -0.2) is 4.90 Å². The zero-order valence-corrected chi connectivity index (χ0v) is 24.9. The fraction of sp³-hybridized carbons (Fsp3) is 0.116. The van der Waals surface area contributed by atoms with Crippen LogP contribution < -0.4 is 4.74 Å². The Kier molecular flexibility index (Phi) is 20.8. The van der Waals surface area contributed by atoms with E-state index in [2.05, 4.69) is 181 Å². The topological polar surface area (TPSA) is 12.5 Å². The molecule has 0 N–H and O–H groups in total. The monoisotopic (exact) mass is 569 g/mol. The SMILES string of the molecule is C=CCC#CC#CC#CC#CN(C#CC#CC#CC#CC#CC=COc1ccc(C(C)C)cc1)C#CC#CC#CC#CCC=C. The van der Waals surface area contributed by atoms with E-state index in [9.17, 15) is 0 Å². The Hall–Kier alpha value is -7.68. The normalized spacial score (nSPS) is 6.82. The third-order valence-electron chi connectivity index (χ3n) is 4.21. The van der Waals surface area contributed by atoms with Crippen LogP contribution in [0.15, 0.2) is 61.9 Å². The molecule has 0 amide bonds. The van der Waals surface area contributed by atoms with Crippen LogP contribution >= 0.6 is 0 Å². The molecule has 0 bridgehead atoms. The lowest BCUT2D eigenvalue weighted by molar-refractivity contribution is 0.481. The standard InChI is InChI=1S/C43H23NO/c1-5-7-9-11-13-17-21-25-29-37-44(38-30-26-22-18-14-12-10-8-6-2)39-31-27-23-19-15-16-20-24-28-32-40-45-43-35-33-42(34-36-43)41(3)4/h5-6,32-36,40-41H,1-2,7-8H2,3-4H3. The van der Waals surface area contributed by atoms with Crippen molar-refractivity contribution in [3.05, 3.63) is 67.5 Å². The molecule has 0 spiro atoms. The molecule has 0 atom stereocenters. The van der Waals surface area contributed by atoms with Crippen molar-refractivity contribution in [3.63, 3.8) is 0 Å². The molecule has 2 nitrogen and oxygen atoms in total. The third kappa shape index (κ3) is 21.8. The fourth-order valence-corrected chi connectivity index (χ4v) is 2.26. The van der Waals surface area contributed by atoms with Crippen molar-refractivity contribution in [1.82, 2.24) is 4.90 Å². The molecule has 1 aromatic rings. The summed E-state index contributed by atoms with van der Waals surface area (Å²) in [5.74, 6) is 61.4. The zero-order chi connectivity index (χ0) is 32.5. The first-order chi connectivity index (χ1) is 22.2. The Labute approximate surface area is 269 Å². The van der Waals surface area contributed by atoms with Crippen molar-refractivity contribution in [1.29, 1.82) is 0 Å². The predicted molar refractivity (Wildman–Crippen MR) is 183 cm³/mol. The van der Waals surface area contributed by atoms with E-state index in [4.69, 9.17) is 4.74 Å². The lowest BCUT2D eigenvalue weighted by Gasteiger charge is -2.05. The van der Waals surface area contributed by atoms with Gasteiger partial charge < -0.3 is 4.74 Å². The molecule has 2 heteroatoms. The quantitative estimate of drug-likeness (QED) is 0.213. The van der Waals surface area contributed by atoms with E-state index in [0.29, 0.717) is 18.8 Å². The van der Waals surface area contributed by atoms with Gasteiger partial charge in [-0.05, 0) is 82.8 Å². The van der Waals surface area contributed by atoms with Crippen LogP contribution in [-0.2, 0) is 0 Å². The number of hydrogen-bond acceptors (Lipinski definition) is 2. The fourth-order valence-electron chi connectivity index (χ4n) is 2.26. The summed E-state index contributed by atoms with van der Waals surface area (Å²) in [5, 5.41) is 0. The lowest BCUT2D eigenvalue weighted by Crippen LogP contribution is -2.01. The van der Waals surface area contributed by atoms with Gasteiger partial charge >= 0.3 is 0 Å². The van der Waals surface area contributed by atoms with Crippen LogP contribution in [0.4, 0.5) is 0 Å². The van der Waals surface area contributed by atoms with E-state index >= 15 is 0 Å². The summed E-state index contributed by atoms with van der Waals surface area (Å²) in [6, 6.07) is 15.9. The minimum Gasteiger partial charge on any atom is -0.464 e. The summed E-state index contributed by atoms with van der Waals surface area (Å²) in [5.41, 5.74) is 1.25. The minimum atomic E-state index is 0.471. The maximum atomic E-state index is 5.50. The Morgan fingerprint density at radius 1 is 0.578 bits per heavy atom. The smallest absolute Gasteiger partial charge is 0.126 e. The summed E-state index contributed by atoms with van der Waals surface area (Å²) < 4.78 is 5.50. The van der Waals surface area contributed by atoms with Gasteiger partial charge in [0.05, 0.1) is 6.26 Å². The van der Waals surface area contributed by atoms with E-state index in [1.54, 1.807) is 18.2 Å². The molecule has 0 aromatic heterocycles. The first-order valence-corrected chi connectivity index (χ1v) is 13.1. The minimum absolute atomic E-state index is 0.471. The number of ether oxygens (including phenoxy) is 1. The maximum Gasteiger partial charge on any atom is 0.126 e. The maximum absolute atomic E-state index is 5.50. The number of nitrogens with zero attached hydrogens (tertiary/aromatic N) is 1. The molecule has 0 saturated heterocycles. The van der Waals surface area contributed by atoms with E-state index in [-0.39, 0.29) is 0 Å². The van der Waals surface area contributed by atoms with Crippen LogP contribution in [0.5, 0.6) is 5.75 Å². The molecular weight excluding hydrogens is 546 g/mol. The number of benzene rings is 1. The predicted octanol–water partition coefficient (Wildman–Crippen LogP) is 5.07. The summed E-state index contributed by atoms with van der Waals surface area (Å²) in [6.07, 6.45) is 7.55. The van der Waals surface area contributed by atoms with Gasteiger partial charge in [0.15, 0.2) is 0 Å². The first kappa shape index (κ1) is 35.3. The number of rotatable bonds is 5. The molecule has 45 heavy (non-hydrogen) atoms. The average Bonchev–Trinajstić information content (AvgIpc) is 3.05. The van der Waals surface area contributed by atoms with Crippen molar-refractivity contribution >= 4 is 0 Å². The van der Waals surface area contributed by atoms with Crippen LogP contribution in [0.3, 0.4) is 0 Å². The molecule has 0 aliphatic carbocycles. The van der Waals surface area contributed by atoms with Crippen molar-refractivity contribution in [3.8, 4) is 160 Å². The van der Waals surface area contributed by atoms with Crippen LogP contribution in [0.1, 0.15) is 38.2 Å². The highest BCUT2D eigenvalue weighted by Crippen LogP contribution is 2.18. The van der Waals surface area contributed by atoms with Gasteiger partial charge in [-0.2, -0.15) is 4.90 Å². The summed E-state index contributed by atoms with van der Waals surface area (Å²) in [6.45, 7) is 11.4. The Morgan fingerprint density at radius 2 is 0.978 bits per heavy atom. The van der Waals surface area contributed by atoms with Crippen LogP contribution in [0, 0.1) is 154 Å². The Morgan fingerprint density at radius 3 is 1.40 bits per heavy atom. The molecule has 206 valence electrons. The van der Waals surface area contributed by atoms with Gasteiger partial charge in [-0.15, -0.1) is 13.2 Å². The van der Waals surface area contributed by atoms with Crippen LogP contribution in [0.2, 0.25) is 0 Å². The highest BCUT2D eigenvalue weighted by molar-refractivity contribution is 5.45. The van der Waals surface area contributed by atoms with E-state index < -0.39 is 0 Å². The van der Waals surface area contributed by atoms with Gasteiger partial charge in [-0.3, -0.25) is 0 Å². The van der Waals surface area contributed by atoms with Gasteiger partial charge in [-0.25, -0.2) is 0 Å². The second-order valence-corrected chi connectivity index (χ2v) is 7.80. The number of hydrogen-bond donors (Lipinski definition) is 0. The van der Waals surface area contributed by atoms with Crippen molar-refractivity contribution in [2.24, 2.45) is 0 Å². The molecule has 0 aliphatic rings. The van der Waals surface area contributed by atoms with Gasteiger partial charge in [0.25, 0.3) is 0 Å². The zero-order valence-electron chi connectivity index (χ0n) is 24.9. The molecular formula is C43H23NO. The Balaban J connectivity index is 2.82. The highest BCUT2D eigenvalue weighted by Gasteiger charge is 1.98. The summed E-state index contributed by atoms with van der Waals surface area (Å²) in [7, 11) is 0. The average molecular weight is 570 g/mol. The lowest BCUT2D eigenvalue weighted by atomic mass is 10.0. The van der Waals surface area contributed by atoms with Crippen molar-refractivity contribution in [2.45, 2.75) is 32.6 Å². The second kappa shape index (κ2) is 26.5. The van der Waals surface area contributed by atoms with E-state index in [1.165, 1.54) is 16.7 Å². The third-order valence-corrected chi connectivity index (χ3v) is 4.21. The summed E-state index contributed by atoms with van der Waals surface area (Å²) >= 11 is 0. The molecule has 0 fully saturated rings. The van der Waals surface area contributed by atoms with Gasteiger partial charge in [0, 0.05) is 96.3 Å². The largest absolute Gasteiger partial charge is 0.464 e. The molecule has 0 radical (unpaired) electrons. The second-order valence-electron chi connectivity index (χ2n) is 7.80. The molecule has 0 heterocycles. The Bertz CT molecular complexity index is 2020. The van der Waals surface area contributed by atoms with E-state index in [1.807, 2.05) is 24.3 Å². The number of allylic oxidation sites excluding steroid dienone is 3. The van der Waals surface area contributed by atoms with Crippen LogP contribution in [0.25, 0.3) is 0 Å². The van der Waals surface area contributed by atoms with Gasteiger partial charge in [0.2, 0.25) is 0 Å². The van der Waals surface area contributed by atoms with Crippen molar-refractivity contribution < 1.29 is 4.74 Å². The molecule has 0 saturated carbocycles. The van der Waals surface area contributed by atoms with Gasteiger partial charge in [0.1, 0.15) is 5.75 Å². The molecule has 1 rings (SSSR count). The van der Waals surface area contributed by atoms with Gasteiger partial charge in [-0.1, -0.05) is 55.9 Å². The first-order valence-electron chi connectivity index (χ1n) is 13.1. The highest BCUT2D eigenvalue weighted by atomic mass is 16.5. The van der Waals surface area contributed by atoms with Crippen molar-refractivity contribution in [2.75, 3.05) is 0 Å².